The topological polar surface area (TPSA) is 151 Å². The van der Waals surface area contributed by atoms with Gasteiger partial charge in [0.25, 0.3) is 0 Å². The molecule has 0 fully saturated rings. The zero-order chi connectivity index (χ0) is 20.9. The van der Waals surface area contributed by atoms with Crippen molar-refractivity contribution in [3.05, 3.63) is 35.0 Å². The van der Waals surface area contributed by atoms with Crippen molar-refractivity contribution in [2.24, 2.45) is 0 Å². The van der Waals surface area contributed by atoms with E-state index < -0.39 is 21.7 Å². The summed E-state index contributed by atoms with van der Waals surface area (Å²) in [6.07, 6.45) is 1.71. The lowest BCUT2D eigenvalue weighted by molar-refractivity contribution is 0.187. The molecule has 9 nitrogen and oxygen atoms in total. The summed E-state index contributed by atoms with van der Waals surface area (Å²) >= 11 is 0. The van der Waals surface area contributed by atoms with Gasteiger partial charge in [-0.15, -0.1) is 0 Å². The van der Waals surface area contributed by atoms with Gasteiger partial charge in [0.15, 0.2) is 0 Å². The first-order valence-corrected chi connectivity index (χ1v) is 10.9. The van der Waals surface area contributed by atoms with E-state index in [9.17, 15) is 13.5 Å². The Balaban J connectivity index is 2.51. The molecule has 154 valence electrons. The van der Waals surface area contributed by atoms with E-state index in [1.54, 1.807) is 32.2 Å². The van der Waals surface area contributed by atoms with Crippen molar-refractivity contribution in [2.75, 3.05) is 36.7 Å². The smallest absolute Gasteiger partial charge is 0.221 e. The van der Waals surface area contributed by atoms with Crippen LogP contribution in [0.1, 0.15) is 36.6 Å². The van der Waals surface area contributed by atoms with Crippen molar-refractivity contribution >= 4 is 21.6 Å². The molecule has 0 radical (unpaired) electrons. The number of sulfone groups is 1. The number of hydrogen-bond donors (Lipinski definition) is 3. The molecule has 1 atom stereocenters. The number of nitrogen functional groups attached to an aromatic ring is 2. The van der Waals surface area contributed by atoms with E-state index in [1.807, 2.05) is 0 Å². The number of aliphatic hydroxyl groups excluding tert-OH is 1. The third kappa shape index (κ3) is 5.70. The number of nitrogens with zero attached hydrogens (tertiary/aromatic N) is 2. The zero-order valence-electron chi connectivity index (χ0n) is 16.2. The van der Waals surface area contributed by atoms with Crippen LogP contribution in [-0.4, -0.2) is 48.7 Å². The normalized spacial score (nSPS) is 12.6. The zero-order valence-corrected chi connectivity index (χ0v) is 17.0. The molecule has 0 bridgehead atoms. The Bertz CT molecular complexity index is 907. The second kappa shape index (κ2) is 9.07. The number of nitrogens with two attached hydrogens (primary N) is 2. The average molecular weight is 410 g/mol. The molecule has 0 aliphatic heterocycles. The van der Waals surface area contributed by atoms with Crippen molar-refractivity contribution in [1.29, 1.82) is 0 Å². The molecule has 5 N–H and O–H groups in total. The molecule has 10 heteroatoms. The second-order valence-corrected chi connectivity index (χ2v) is 8.48. The summed E-state index contributed by atoms with van der Waals surface area (Å²) in [5.74, 6) is 0.629. The third-order valence-corrected chi connectivity index (χ3v) is 4.79. The maximum absolute atomic E-state index is 11.6. The molecular weight excluding hydrogens is 384 g/mol. The van der Waals surface area contributed by atoms with Gasteiger partial charge in [0.2, 0.25) is 5.95 Å². The molecule has 0 aliphatic carbocycles. The average Bonchev–Trinajstić information content (AvgIpc) is 2.56. The molecule has 1 aromatic heterocycles. The van der Waals surface area contributed by atoms with Gasteiger partial charge in [0.05, 0.1) is 24.5 Å². The molecule has 0 spiro atoms. The fourth-order valence-corrected chi connectivity index (χ4v) is 3.54. The Morgan fingerprint density at radius 2 is 1.71 bits per heavy atom. The fraction of sp³-hybridized carbons (Fsp3) is 0.444. The first-order chi connectivity index (χ1) is 13.1. The van der Waals surface area contributed by atoms with Gasteiger partial charge < -0.3 is 26.0 Å². The second-order valence-electron chi connectivity index (χ2n) is 6.30. The van der Waals surface area contributed by atoms with Crippen LogP contribution in [0, 0.1) is 0 Å². The SMILES string of the molecule is CCOc1cc(Cc2cnc(N)nc2N)cc(OCC)c1C(O)CS(C)(=O)=O. The molecule has 1 unspecified atom stereocenters. The monoisotopic (exact) mass is 410 g/mol. The molecule has 0 saturated carbocycles. The van der Waals surface area contributed by atoms with Crippen LogP contribution in [0.3, 0.4) is 0 Å². The molecule has 28 heavy (non-hydrogen) atoms. The number of anilines is 2. The summed E-state index contributed by atoms with van der Waals surface area (Å²) in [7, 11) is -3.41. The van der Waals surface area contributed by atoms with Gasteiger partial charge in [-0.25, -0.2) is 13.4 Å². The standard InChI is InChI=1S/C18H26N4O5S/c1-4-26-14-7-11(6-12-9-21-18(20)22-17(12)19)8-15(27-5-2)16(14)13(23)10-28(3,24)25/h7-9,13,23H,4-6,10H2,1-3H3,(H4,19,20,21,22). The first kappa shape index (κ1) is 21.7. The molecule has 1 aromatic carbocycles. The van der Waals surface area contributed by atoms with Gasteiger partial charge in [-0.2, -0.15) is 4.98 Å². The Hall–Kier alpha value is -2.59. The molecule has 0 amide bonds. The summed E-state index contributed by atoms with van der Waals surface area (Å²) in [5.41, 5.74) is 13.2. The van der Waals surface area contributed by atoms with Crippen molar-refractivity contribution in [1.82, 2.24) is 9.97 Å². The predicted octanol–water partition coefficient (Wildman–Crippen LogP) is 1.11. The Labute approximate surface area is 164 Å². The molecular formula is C18H26N4O5S. The molecule has 1 heterocycles. The van der Waals surface area contributed by atoms with E-state index >= 15 is 0 Å². The van der Waals surface area contributed by atoms with Crippen LogP contribution in [0.15, 0.2) is 18.3 Å². The summed E-state index contributed by atoms with van der Waals surface area (Å²) in [6, 6.07) is 3.45. The summed E-state index contributed by atoms with van der Waals surface area (Å²) in [4.78, 5) is 7.91. The van der Waals surface area contributed by atoms with E-state index in [0.29, 0.717) is 42.3 Å². The molecule has 2 aromatic rings. The molecule has 0 aliphatic rings. The van der Waals surface area contributed by atoms with Crippen LogP contribution in [0.2, 0.25) is 0 Å². The summed E-state index contributed by atoms with van der Waals surface area (Å²) in [6.45, 7) is 4.26. The highest BCUT2D eigenvalue weighted by atomic mass is 32.2. The molecule has 2 rings (SSSR count). The summed E-state index contributed by atoms with van der Waals surface area (Å²) in [5, 5.41) is 10.5. The van der Waals surface area contributed by atoms with Crippen LogP contribution in [0.5, 0.6) is 11.5 Å². The quantitative estimate of drug-likeness (QED) is 0.552. The van der Waals surface area contributed by atoms with E-state index in [2.05, 4.69) is 9.97 Å². The van der Waals surface area contributed by atoms with Crippen LogP contribution in [0.4, 0.5) is 11.8 Å². The van der Waals surface area contributed by atoms with Gasteiger partial charge in [-0.05, 0) is 31.5 Å². The number of aromatic nitrogens is 2. The minimum absolute atomic E-state index is 0.0884. The number of ether oxygens (including phenoxy) is 2. The van der Waals surface area contributed by atoms with E-state index in [-0.39, 0.29) is 11.8 Å². The number of benzene rings is 1. The highest BCUT2D eigenvalue weighted by molar-refractivity contribution is 7.90. The number of rotatable bonds is 9. The minimum atomic E-state index is -3.41. The van der Waals surface area contributed by atoms with Crippen molar-refractivity contribution in [2.45, 2.75) is 26.4 Å². The van der Waals surface area contributed by atoms with Gasteiger partial charge in [0, 0.05) is 24.4 Å². The first-order valence-electron chi connectivity index (χ1n) is 8.79. The number of hydrogen-bond acceptors (Lipinski definition) is 9. The van der Waals surface area contributed by atoms with Crippen LogP contribution in [0.25, 0.3) is 0 Å². The van der Waals surface area contributed by atoms with Crippen molar-refractivity contribution in [3.63, 3.8) is 0 Å². The van der Waals surface area contributed by atoms with E-state index in [1.165, 1.54) is 0 Å². The lowest BCUT2D eigenvalue weighted by Crippen LogP contribution is -2.16. The van der Waals surface area contributed by atoms with Crippen molar-refractivity contribution < 1.29 is 23.0 Å². The predicted molar refractivity (Wildman–Crippen MR) is 107 cm³/mol. The van der Waals surface area contributed by atoms with Crippen LogP contribution < -0.4 is 20.9 Å². The van der Waals surface area contributed by atoms with Gasteiger partial charge in [-0.1, -0.05) is 0 Å². The Morgan fingerprint density at radius 1 is 1.14 bits per heavy atom. The largest absolute Gasteiger partial charge is 0.493 e. The van der Waals surface area contributed by atoms with Crippen molar-refractivity contribution in [3.8, 4) is 11.5 Å². The van der Waals surface area contributed by atoms with Crippen LogP contribution >= 0.6 is 0 Å². The van der Waals surface area contributed by atoms with E-state index in [0.717, 1.165) is 11.8 Å². The van der Waals surface area contributed by atoms with E-state index in [4.69, 9.17) is 20.9 Å². The van der Waals surface area contributed by atoms with Gasteiger partial charge in [-0.3, -0.25) is 0 Å². The molecule has 0 saturated heterocycles. The third-order valence-electron chi connectivity index (χ3n) is 3.87. The minimum Gasteiger partial charge on any atom is -0.493 e. The Kier molecular flexibility index (Phi) is 7.03. The van der Waals surface area contributed by atoms with Crippen LogP contribution in [-0.2, 0) is 16.3 Å². The fourth-order valence-electron chi connectivity index (χ4n) is 2.80. The highest BCUT2D eigenvalue weighted by Gasteiger charge is 2.24. The maximum atomic E-state index is 11.6. The summed E-state index contributed by atoms with van der Waals surface area (Å²) < 4.78 is 34.6. The highest BCUT2D eigenvalue weighted by Crippen LogP contribution is 2.37. The maximum Gasteiger partial charge on any atom is 0.221 e. The number of aliphatic hydroxyl groups is 1. The lowest BCUT2D eigenvalue weighted by Gasteiger charge is -2.21. The lowest BCUT2D eigenvalue weighted by atomic mass is 10.0. The van der Waals surface area contributed by atoms with Gasteiger partial charge >= 0.3 is 0 Å². The Morgan fingerprint density at radius 3 is 2.18 bits per heavy atom. The van der Waals surface area contributed by atoms with Gasteiger partial charge in [0.1, 0.15) is 33.3 Å².